The molecule has 0 radical (unpaired) electrons. The Kier molecular flexibility index (Phi) is 9.46. The number of hydrogen-bond donors (Lipinski definition) is 0. The highest BCUT2D eigenvalue weighted by molar-refractivity contribution is 6.24. The van der Waals surface area contributed by atoms with E-state index >= 15 is 8.78 Å². The Bertz CT molecular complexity index is 4220. The maximum Gasteiger partial charge on any atom is 0.160 e. The fourth-order valence-corrected chi connectivity index (χ4v) is 13.5. The molecule has 4 aromatic heterocycles. The fraction of sp³-hybridized carbons (Fsp3) is 0.182. The maximum absolute atomic E-state index is 15.6. The molecule has 350 valence electrons. The first-order chi connectivity index (χ1) is 35.6. The molecule has 4 heterocycles. The van der Waals surface area contributed by atoms with Crippen molar-refractivity contribution < 1.29 is 17.6 Å². The molecule has 9 aromatic carbocycles. The predicted octanol–water partition coefficient (Wildman–Crippen LogP) is 19.4. The van der Waals surface area contributed by atoms with Crippen molar-refractivity contribution in [1.82, 2.24) is 9.13 Å². The standard InChI is InChI=1S/C66H50F2N2O2/c67-43-31-27-41(28-32-43)59-57(39-15-3-1-4-16-39)63(69-53-23-11-7-19-45(53)49-35-37-51-47-21-9-13-25-55(47)71-65(51)61(49)69)58(40-17-5-2-6-18-40)60(42-29-33-44(68)34-30-42)64(59)70-54-24-12-8-20-46(54)50-36-38-52-48-22-10-14-26-56(48)72-66(52)62(50)70/h7-14,19-40H,1-6,15-18H2. The summed E-state index contributed by atoms with van der Waals surface area (Å²) >= 11 is 0. The number of rotatable bonds is 6. The third-order valence-corrected chi connectivity index (χ3v) is 16.6. The molecule has 4 nitrogen and oxygen atoms in total. The molecule has 0 saturated heterocycles. The van der Waals surface area contributed by atoms with Crippen LogP contribution in [0.4, 0.5) is 8.78 Å². The number of aromatic nitrogens is 2. The minimum Gasteiger partial charge on any atom is -0.454 e. The third kappa shape index (κ3) is 6.14. The van der Waals surface area contributed by atoms with Gasteiger partial charge in [-0.25, -0.2) is 8.78 Å². The highest BCUT2D eigenvalue weighted by atomic mass is 19.1. The molecule has 2 fully saturated rings. The zero-order valence-corrected chi connectivity index (χ0v) is 39.9. The number of nitrogens with zero attached hydrogens (tertiary/aromatic N) is 2. The van der Waals surface area contributed by atoms with Crippen molar-refractivity contribution in [2.45, 2.75) is 76.0 Å². The van der Waals surface area contributed by atoms with E-state index in [0.29, 0.717) is 0 Å². The molecule has 0 amide bonds. The van der Waals surface area contributed by atoms with Crippen LogP contribution in [-0.4, -0.2) is 9.13 Å². The van der Waals surface area contributed by atoms with Gasteiger partial charge in [0.2, 0.25) is 0 Å². The minimum absolute atomic E-state index is 0.155. The Balaban J connectivity index is 1.25. The molecular formula is C66H50F2N2O2. The minimum atomic E-state index is -0.284. The lowest BCUT2D eigenvalue weighted by Crippen LogP contribution is -2.20. The summed E-state index contributed by atoms with van der Waals surface area (Å²) in [6.07, 6.45) is 10.8. The summed E-state index contributed by atoms with van der Waals surface area (Å²) in [6.45, 7) is 0. The number of para-hydroxylation sites is 4. The molecule has 0 N–H and O–H groups in total. The molecule has 0 atom stereocenters. The van der Waals surface area contributed by atoms with Crippen molar-refractivity contribution >= 4 is 87.5 Å². The van der Waals surface area contributed by atoms with Gasteiger partial charge in [-0.15, -0.1) is 0 Å². The van der Waals surface area contributed by atoms with Crippen LogP contribution in [0.2, 0.25) is 0 Å². The molecule has 0 aliphatic heterocycles. The average molecular weight is 941 g/mol. The Morgan fingerprint density at radius 1 is 0.347 bits per heavy atom. The molecule has 13 aromatic rings. The monoisotopic (exact) mass is 940 g/mol. The molecule has 6 heteroatoms. The number of benzene rings is 9. The van der Waals surface area contributed by atoms with Gasteiger partial charge in [0.1, 0.15) is 22.8 Å². The van der Waals surface area contributed by atoms with Gasteiger partial charge in [0.25, 0.3) is 0 Å². The van der Waals surface area contributed by atoms with E-state index in [1.807, 2.05) is 30.3 Å². The molecule has 2 saturated carbocycles. The van der Waals surface area contributed by atoms with E-state index in [1.165, 1.54) is 29.7 Å². The van der Waals surface area contributed by atoms with Gasteiger partial charge in [-0.1, -0.05) is 148 Å². The molecule has 2 aliphatic carbocycles. The molecule has 0 bridgehead atoms. The van der Waals surface area contributed by atoms with Gasteiger partial charge in [-0.05, 0) is 120 Å². The average Bonchev–Trinajstić information content (AvgIpc) is 4.20. The van der Waals surface area contributed by atoms with Crippen molar-refractivity contribution in [2.24, 2.45) is 0 Å². The van der Waals surface area contributed by atoms with Crippen LogP contribution < -0.4 is 0 Å². The second-order valence-electron chi connectivity index (χ2n) is 20.5. The lowest BCUT2D eigenvalue weighted by atomic mass is 9.72. The van der Waals surface area contributed by atoms with Gasteiger partial charge < -0.3 is 18.0 Å². The third-order valence-electron chi connectivity index (χ3n) is 16.6. The van der Waals surface area contributed by atoms with E-state index in [-0.39, 0.29) is 23.5 Å². The lowest BCUT2D eigenvalue weighted by Gasteiger charge is -2.37. The lowest BCUT2D eigenvalue weighted by molar-refractivity contribution is 0.435. The van der Waals surface area contributed by atoms with Crippen LogP contribution in [0.5, 0.6) is 0 Å². The summed E-state index contributed by atoms with van der Waals surface area (Å²) in [5.41, 5.74) is 16.3. The molecular weight excluding hydrogens is 891 g/mol. The van der Waals surface area contributed by atoms with Crippen LogP contribution in [0, 0.1) is 11.6 Å². The summed E-state index contributed by atoms with van der Waals surface area (Å²) in [5, 5.41) is 8.76. The maximum atomic E-state index is 15.6. The number of fused-ring (bicyclic) bond motifs is 14. The zero-order chi connectivity index (χ0) is 47.6. The summed E-state index contributed by atoms with van der Waals surface area (Å²) in [4.78, 5) is 0. The number of furan rings is 2. The topological polar surface area (TPSA) is 36.1 Å². The molecule has 0 unspecified atom stereocenters. The first-order valence-corrected chi connectivity index (χ1v) is 26.0. The Morgan fingerprint density at radius 2 is 0.722 bits per heavy atom. The van der Waals surface area contributed by atoms with E-state index < -0.39 is 0 Å². The van der Waals surface area contributed by atoms with Crippen molar-refractivity contribution in [3.63, 3.8) is 0 Å². The Labute approximate surface area is 414 Å². The van der Waals surface area contributed by atoms with Crippen molar-refractivity contribution in [2.75, 3.05) is 0 Å². The van der Waals surface area contributed by atoms with Gasteiger partial charge in [0.15, 0.2) is 11.2 Å². The summed E-state index contributed by atoms with van der Waals surface area (Å²) < 4.78 is 50.6. The quantitative estimate of drug-likeness (QED) is 0.167. The van der Waals surface area contributed by atoms with Gasteiger partial charge in [-0.2, -0.15) is 0 Å². The smallest absolute Gasteiger partial charge is 0.160 e. The SMILES string of the molecule is Fc1ccc(-c2c(C3CCCCC3)c(-n3c4ccccc4c4ccc5c6ccccc6oc5c43)c(C3CCCCC3)c(-c3ccc(F)cc3)c2-n2c3ccccc3c3ccc4c5ccccc5oc4c32)cc1. The number of hydrogen-bond acceptors (Lipinski definition) is 2. The summed E-state index contributed by atoms with van der Waals surface area (Å²) in [7, 11) is 0. The van der Waals surface area contributed by atoms with E-state index in [9.17, 15) is 0 Å². The largest absolute Gasteiger partial charge is 0.454 e. The van der Waals surface area contributed by atoms with Gasteiger partial charge in [0.05, 0.1) is 33.4 Å². The Morgan fingerprint density at radius 3 is 1.17 bits per heavy atom. The number of halogens is 2. The van der Waals surface area contributed by atoms with Crippen LogP contribution in [-0.2, 0) is 0 Å². The molecule has 0 spiro atoms. The normalized spacial score (nSPS) is 15.2. The van der Waals surface area contributed by atoms with Gasteiger partial charge >= 0.3 is 0 Å². The zero-order valence-electron chi connectivity index (χ0n) is 39.9. The van der Waals surface area contributed by atoms with E-state index in [4.69, 9.17) is 8.83 Å². The van der Waals surface area contributed by atoms with Crippen LogP contribution in [0.15, 0.2) is 179 Å². The van der Waals surface area contributed by atoms with E-state index in [2.05, 4.69) is 124 Å². The van der Waals surface area contributed by atoms with E-state index in [0.717, 1.165) is 167 Å². The Hall–Kier alpha value is -7.96. The van der Waals surface area contributed by atoms with Crippen LogP contribution >= 0.6 is 0 Å². The predicted molar refractivity (Wildman–Crippen MR) is 292 cm³/mol. The second-order valence-corrected chi connectivity index (χ2v) is 20.5. The van der Waals surface area contributed by atoms with Gasteiger partial charge in [-0.3, -0.25) is 0 Å². The van der Waals surface area contributed by atoms with E-state index in [1.54, 1.807) is 24.3 Å². The van der Waals surface area contributed by atoms with Crippen LogP contribution in [0.1, 0.15) is 87.2 Å². The first kappa shape index (κ1) is 41.8. The van der Waals surface area contributed by atoms with Crippen molar-refractivity contribution in [3.8, 4) is 33.6 Å². The first-order valence-electron chi connectivity index (χ1n) is 26.0. The van der Waals surface area contributed by atoms with Crippen molar-refractivity contribution in [3.05, 3.63) is 193 Å². The van der Waals surface area contributed by atoms with Crippen LogP contribution in [0.3, 0.4) is 0 Å². The fourth-order valence-electron chi connectivity index (χ4n) is 13.5. The summed E-state index contributed by atoms with van der Waals surface area (Å²) in [5.74, 6) is -0.259. The van der Waals surface area contributed by atoms with Crippen molar-refractivity contribution in [1.29, 1.82) is 0 Å². The molecule has 15 rings (SSSR count). The highest BCUT2D eigenvalue weighted by Gasteiger charge is 2.38. The second kappa shape index (κ2) is 16.3. The molecule has 2 aliphatic rings. The van der Waals surface area contributed by atoms with Crippen LogP contribution in [0.25, 0.3) is 121 Å². The highest BCUT2D eigenvalue weighted by Crippen LogP contribution is 2.57. The van der Waals surface area contributed by atoms with Gasteiger partial charge in [0, 0.05) is 54.2 Å². The summed E-state index contributed by atoms with van der Waals surface area (Å²) in [6, 6.07) is 57.8. The molecule has 72 heavy (non-hydrogen) atoms.